The molecule has 37 heavy (non-hydrogen) atoms. The fourth-order valence-corrected chi connectivity index (χ4v) is 5.60. The molecule has 3 rings (SSSR count). The van der Waals surface area contributed by atoms with Gasteiger partial charge in [-0.1, -0.05) is 12.1 Å². The van der Waals surface area contributed by atoms with E-state index >= 15 is 0 Å². The molecule has 3 aromatic carbocycles. The summed E-state index contributed by atoms with van der Waals surface area (Å²) in [5.41, 5.74) is 0.702. The predicted molar refractivity (Wildman–Crippen MR) is 137 cm³/mol. The number of sulfone groups is 1. The molecule has 0 bridgehead atoms. The van der Waals surface area contributed by atoms with E-state index in [1.54, 1.807) is 19.1 Å². The smallest absolute Gasteiger partial charge is 0.264 e. The maximum absolute atomic E-state index is 13.6. The highest BCUT2D eigenvalue weighted by molar-refractivity contribution is 7.93. The summed E-state index contributed by atoms with van der Waals surface area (Å²) in [4.78, 5) is 13.0. The minimum Gasteiger partial charge on any atom is -0.493 e. The summed E-state index contributed by atoms with van der Waals surface area (Å²) >= 11 is 0. The maximum atomic E-state index is 13.6. The van der Waals surface area contributed by atoms with Crippen LogP contribution >= 0.6 is 0 Å². The zero-order valence-electron chi connectivity index (χ0n) is 20.6. The van der Waals surface area contributed by atoms with Gasteiger partial charge in [-0.15, -0.1) is 0 Å². The largest absolute Gasteiger partial charge is 0.493 e. The number of benzene rings is 3. The van der Waals surface area contributed by atoms with E-state index in [0.717, 1.165) is 22.7 Å². The van der Waals surface area contributed by atoms with Gasteiger partial charge in [0.2, 0.25) is 5.91 Å². The molecule has 0 aromatic heterocycles. The van der Waals surface area contributed by atoms with Crippen LogP contribution in [0.4, 0.5) is 10.1 Å². The van der Waals surface area contributed by atoms with Gasteiger partial charge in [-0.2, -0.15) is 0 Å². The second kappa shape index (κ2) is 11.2. The van der Waals surface area contributed by atoms with Gasteiger partial charge in [0.25, 0.3) is 10.0 Å². The Kier molecular flexibility index (Phi) is 8.44. The molecule has 0 aliphatic heterocycles. The molecule has 0 heterocycles. The Bertz CT molecular complexity index is 1470. The molecule has 1 amide bonds. The van der Waals surface area contributed by atoms with Gasteiger partial charge in [0, 0.05) is 12.3 Å². The number of anilines is 1. The van der Waals surface area contributed by atoms with Crippen molar-refractivity contribution in [3.05, 3.63) is 78.1 Å². The number of nitrogens with zero attached hydrogens (tertiary/aromatic N) is 1. The summed E-state index contributed by atoms with van der Waals surface area (Å²) in [5, 5.41) is 2.72. The standard InChI is InChI=1S/C25H27FN2O7S2/c1-17(18-5-11-21(12-6-18)36(4,30)31)27-25(29)16-28(20-9-7-19(26)8-10-20)37(32,33)22-13-14-23(34-2)24(15-22)35-3/h5-15,17H,16H2,1-4H3,(H,27,29). The van der Waals surface area contributed by atoms with E-state index in [-0.39, 0.29) is 21.2 Å². The van der Waals surface area contributed by atoms with Crippen molar-refractivity contribution in [2.75, 3.05) is 31.3 Å². The first-order valence-corrected chi connectivity index (χ1v) is 14.3. The molecule has 12 heteroatoms. The van der Waals surface area contributed by atoms with Crippen LogP contribution in [-0.4, -0.2) is 49.8 Å². The quantitative estimate of drug-likeness (QED) is 0.411. The van der Waals surface area contributed by atoms with Crippen LogP contribution < -0.4 is 19.1 Å². The Morgan fingerprint density at radius 2 is 1.46 bits per heavy atom. The van der Waals surface area contributed by atoms with Gasteiger partial charge >= 0.3 is 0 Å². The van der Waals surface area contributed by atoms with Crippen molar-refractivity contribution < 1.29 is 35.5 Å². The highest BCUT2D eigenvalue weighted by atomic mass is 32.2. The zero-order valence-corrected chi connectivity index (χ0v) is 22.3. The Balaban J connectivity index is 1.90. The topological polar surface area (TPSA) is 119 Å². The lowest BCUT2D eigenvalue weighted by atomic mass is 10.1. The minimum absolute atomic E-state index is 0.0801. The van der Waals surface area contributed by atoms with Crippen molar-refractivity contribution in [2.24, 2.45) is 0 Å². The van der Waals surface area contributed by atoms with Crippen molar-refractivity contribution in [2.45, 2.75) is 22.8 Å². The molecule has 9 nitrogen and oxygen atoms in total. The molecule has 3 aromatic rings. The number of hydrogen-bond acceptors (Lipinski definition) is 7. The van der Waals surface area contributed by atoms with Crippen LogP contribution in [-0.2, 0) is 24.7 Å². The van der Waals surface area contributed by atoms with Crippen molar-refractivity contribution >= 4 is 31.5 Å². The Labute approximate surface area is 215 Å². The van der Waals surface area contributed by atoms with Crippen molar-refractivity contribution in [1.29, 1.82) is 0 Å². The molecule has 0 aliphatic rings. The van der Waals surface area contributed by atoms with Crippen LogP contribution in [0.1, 0.15) is 18.5 Å². The molecule has 1 N–H and O–H groups in total. The predicted octanol–water partition coefficient (Wildman–Crippen LogP) is 3.32. The van der Waals surface area contributed by atoms with Gasteiger partial charge in [-0.05, 0) is 61.0 Å². The third-order valence-electron chi connectivity index (χ3n) is 5.53. The number of ether oxygens (including phenoxy) is 2. The molecule has 0 saturated carbocycles. The average molecular weight is 551 g/mol. The first-order chi connectivity index (χ1) is 17.4. The highest BCUT2D eigenvalue weighted by Gasteiger charge is 2.29. The second-order valence-electron chi connectivity index (χ2n) is 8.14. The van der Waals surface area contributed by atoms with Crippen LogP contribution in [0.25, 0.3) is 0 Å². The van der Waals surface area contributed by atoms with Gasteiger partial charge in [0.1, 0.15) is 12.4 Å². The number of halogens is 1. The SMILES string of the molecule is COc1ccc(S(=O)(=O)N(CC(=O)NC(C)c2ccc(S(C)(=O)=O)cc2)c2ccc(F)cc2)cc1OC. The van der Waals surface area contributed by atoms with Crippen molar-refractivity contribution in [1.82, 2.24) is 5.32 Å². The molecule has 198 valence electrons. The van der Waals surface area contributed by atoms with Crippen LogP contribution in [0.15, 0.2) is 76.5 Å². The molecule has 0 saturated heterocycles. The molecule has 0 radical (unpaired) electrons. The fraction of sp³-hybridized carbons (Fsp3) is 0.240. The third kappa shape index (κ3) is 6.57. The first-order valence-electron chi connectivity index (χ1n) is 11.0. The molecule has 1 atom stereocenters. The van der Waals surface area contributed by atoms with E-state index in [0.29, 0.717) is 11.3 Å². The molecule has 1 unspecified atom stereocenters. The number of sulfonamides is 1. The first kappa shape index (κ1) is 27.9. The lowest BCUT2D eigenvalue weighted by molar-refractivity contribution is -0.120. The summed E-state index contributed by atoms with van der Waals surface area (Å²) < 4.78 is 75.4. The summed E-state index contributed by atoms with van der Waals surface area (Å²) in [5.74, 6) is -0.697. The number of amides is 1. The number of carbonyl (C=O) groups is 1. The minimum atomic E-state index is -4.29. The molecule has 0 spiro atoms. The maximum Gasteiger partial charge on any atom is 0.264 e. The van der Waals surface area contributed by atoms with Crippen molar-refractivity contribution in [3.63, 3.8) is 0 Å². The van der Waals surface area contributed by atoms with Crippen LogP contribution in [0.2, 0.25) is 0 Å². The number of hydrogen-bond donors (Lipinski definition) is 1. The summed E-state index contributed by atoms with van der Waals surface area (Å²) in [7, 11) is -4.89. The van der Waals surface area contributed by atoms with Crippen LogP contribution in [0.5, 0.6) is 11.5 Å². The van der Waals surface area contributed by atoms with Gasteiger partial charge in [0.15, 0.2) is 21.3 Å². The van der Waals surface area contributed by atoms with E-state index < -0.39 is 44.2 Å². The number of methoxy groups -OCH3 is 2. The van der Waals surface area contributed by atoms with E-state index in [4.69, 9.17) is 9.47 Å². The summed E-state index contributed by atoms with van der Waals surface area (Å²) in [6.07, 6.45) is 1.09. The highest BCUT2D eigenvalue weighted by Crippen LogP contribution is 2.32. The van der Waals surface area contributed by atoms with Crippen molar-refractivity contribution in [3.8, 4) is 11.5 Å². The normalized spacial score (nSPS) is 12.5. The van der Waals surface area contributed by atoms with Gasteiger partial charge in [-0.3, -0.25) is 9.10 Å². The third-order valence-corrected chi connectivity index (χ3v) is 8.43. The molecule has 0 aliphatic carbocycles. The summed E-state index contributed by atoms with van der Waals surface area (Å²) in [6, 6.07) is 14.2. The zero-order chi connectivity index (χ0) is 27.4. The van der Waals surface area contributed by atoms with Crippen LogP contribution in [0.3, 0.4) is 0 Å². The number of carbonyl (C=O) groups excluding carboxylic acids is 1. The lowest BCUT2D eigenvalue weighted by Gasteiger charge is -2.25. The molecular formula is C25H27FN2O7S2. The Morgan fingerprint density at radius 1 is 0.892 bits per heavy atom. The number of rotatable bonds is 10. The number of nitrogens with one attached hydrogen (secondary N) is 1. The Morgan fingerprint density at radius 3 is 2.00 bits per heavy atom. The van der Waals surface area contributed by atoms with E-state index in [9.17, 15) is 26.0 Å². The lowest BCUT2D eigenvalue weighted by Crippen LogP contribution is -2.41. The molecular weight excluding hydrogens is 523 g/mol. The molecule has 0 fully saturated rings. The van der Waals surface area contributed by atoms with Gasteiger partial charge in [-0.25, -0.2) is 21.2 Å². The van der Waals surface area contributed by atoms with Crippen LogP contribution in [0, 0.1) is 5.82 Å². The van der Waals surface area contributed by atoms with E-state index in [1.165, 1.54) is 56.7 Å². The monoisotopic (exact) mass is 550 g/mol. The summed E-state index contributed by atoms with van der Waals surface area (Å²) in [6.45, 7) is 1.08. The average Bonchev–Trinajstić information content (AvgIpc) is 2.86. The van der Waals surface area contributed by atoms with E-state index in [2.05, 4.69) is 5.32 Å². The van der Waals surface area contributed by atoms with Gasteiger partial charge in [0.05, 0.1) is 35.7 Å². The fourth-order valence-electron chi connectivity index (χ4n) is 3.53. The Hall–Kier alpha value is -3.64. The second-order valence-corrected chi connectivity index (χ2v) is 12.0. The van der Waals surface area contributed by atoms with E-state index in [1.807, 2.05) is 0 Å². The van der Waals surface area contributed by atoms with Gasteiger partial charge < -0.3 is 14.8 Å².